The van der Waals surface area contributed by atoms with Crippen LogP contribution in [0, 0.1) is 6.92 Å². The van der Waals surface area contributed by atoms with Crippen LogP contribution in [0.5, 0.6) is 46.0 Å². The van der Waals surface area contributed by atoms with Crippen LogP contribution >= 0.6 is 11.6 Å². The summed E-state index contributed by atoms with van der Waals surface area (Å²) in [4.78, 5) is 4.20. The van der Waals surface area contributed by atoms with Crippen LogP contribution in [0.15, 0.2) is 84.9 Å². The zero-order valence-corrected chi connectivity index (χ0v) is 28.0. The number of nitrogens with zero attached hydrogens (tertiary/aromatic N) is 2. The number of hydrogen-bond acceptors (Lipinski definition) is 10. The molecule has 5 aromatic carbocycles. The van der Waals surface area contributed by atoms with Gasteiger partial charge < -0.3 is 47.7 Å². The van der Waals surface area contributed by atoms with Gasteiger partial charge in [0, 0.05) is 24.3 Å². The Morgan fingerprint density at radius 1 is 0.380 bits per heavy atom. The Labute approximate surface area is 294 Å². The summed E-state index contributed by atoms with van der Waals surface area (Å²) in [5, 5.41) is 0.505. The van der Waals surface area contributed by atoms with Gasteiger partial charge in [-0.05, 0) is 73.2 Å². The number of benzene rings is 5. The van der Waals surface area contributed by atoms with Crippen molar-refractivity contribution in [1.82, 2.24) is 0 Å². The van der Waals surface area contributed by atoms with Crippen molar-refractivity contribution in [2.75, 3.05) is 62.7 Å². The smallest absolute Gasteiger partial charge is 0.163 e. The average Bonchev–Trinajstić information content (AvgIpc) is 3.16. The second-order valence-electron chi connectivity index (χ2n) is 12.1. The fraction of sp³-hybridized carbons (Fsp3) is 0.231. The molecule has 9 rings (SSSR count). The lowest BCUT2D eigenvalue weighted by molar-refractivity contribution is 0.171. The van der Waals surface area contributed by atoms with Crippen LogP contribution in [0.1, 0.15) is 5.56 Å². The van der Waals surface area contributed by atoms with Crippen LogP contribution in [0.3, 0.4) is 0 Å². The molecule has 0 saturated heterocycles. The quantitative estimate of drug-likeness (QED) is 0.172. The maximum absolute atomic E-state index is 7.64. The number of halogens is 1. The normalized spacial score (nSPS) is 15.2. The van der Waals surface area contributed by atoms with Crippen molar-refractivity contribution in [1.29, 1.82) is 0 Å². The van der Waals surface area contributed by atoms with E-state index in [-0.39, 0.29) is 0 Å². The molecule has 0 unspecified atom stereocenters. The molecule has 5 aromatic rings. The Bertz CT molecular complexity index is 1840. The first-order chi connectivity index (χ1) is 24.6. The third-order valence-corrected chi connectivity index (χ3v) is 9.18. The fourth-order valence-corrected chi connectivity index (χ4v) is 6.87. The molecular formula is C39H33ClN2O8. The van der Waals surface area contributed by atoms with E-state index >= 15 is 0 Å². The van der Waals surface area contributed by atoms with Crippen molar-refractivity contribution < 1.29 is 37.9 Å². The van der Waals surface area contributed by atoms with E-state index in [2.05, 4.69) is 28.9 Å². The summed E-state index contributed by atoms with van der Waals surface area (Å²) >= 11 is 7.64. The molecule has 11 heteroatoms. The first-order valence-corrected chi connectivity index (χ1v) is 17.0. The van der Waals surface area contributed by atoms with Crippen molar-refractivity contribution in [3.8, 4) is 46.0 Å². The van der Waals surface area contributed by atoms with E-state index in [4.69, 9.17) is 49.5 Å². The van der Waals surface area contributed by atoms with Gasteiger partial charge in [-0.15, -0.1) is 0 Å². The summed E-state index contributed by atoms with van der Waals surface area (Å²) in [6, 6.07) is 27.8. The molecule has 4 aliphatic heterocycles. The lowest BCUT2D eigenvalue weighted by atomic mass is 10.1. The van der Waals surface area contributed by atoms with Gasteiger partial charge >= 0.3 is 0 Å². The number of ether oxygens (including phenoxy) is 8. The molecule has 0 N–H and O–H groups in total. The topological polar surface area (TPSA) is 80.3 Å². The van der Waals surface area contributed by atoms with Gasteiger partial charge in [-0.2, -0.15) is 0 Å². The van der Waals surface area contributed by atoms with Crippen molar-refractivity contribution in [2.45, 2.75) is 6.92 Å². The van der Waals surface area contributed by atoms with Gasteiger partial charge in [0.15, 0.2) is 46.0 Å². The Kier molecular flexibility index (Phi) is 7.73. The Morgan fingerprint density at radius 3 is 0.920 bits per heavy atom. The van der Waals surface area contributed by atoms with E-state index in [1.807, 2.05) is 72.8 Å². The predicted molar refractivity (Wildman–Crippen MR) is 190 cm³/mol. The van der Waals surface area contributed by atoms with Crippen LogP contribution < -0.4 is 47.7 Å². The zero-order chi connectivity index (χ0) is 33.6. The standard InChI is InChI=1S/C39H33ClN2O8/c1-24-18-29(41(25-2-6-31-35(20-25)47-14-10-43-31)26-3-7-32-36(21-26)48-15-11-44-32)39(40)30(19-24)42(27-4-8-33-37(22-27)49-16-12-45-33)28-5-9-34-38(23-28)50-17-13-46-34/h2-9,18-23H,10-17H2,1H3. The average molecular weight is 693 g/mol. The second-order valence-corrected chi connectivity index (χ2v) is 12.5. The van der Waals surface area contributed by atoms with E-state index in [0.29, 0.717) is 104 Å². The maximum atomic E-state index is 7.64. The van der Waals surface area contributed by atoms with Crippen LogP contribution in [-0.4, -0.2) is 52.9 Å². The van der Waals surface area contributed by atoms with Gasteiger partial charge in [-0.1, -0.05) is 11.6 Å². The highest BCUT2D eigenvalue weighted by Crippen LogP contribution is 2.51. The number of anilines is 6. The molecule has 254 valence electrons. The summed E-state index contributed by atoms with van der Waals surface area (Å²) in [7, 11) is 0. The van der Waals surface area contributed by atoms with Gasteiger partial charge in [0.1, 0.15) is 52.9 Å². The molecule has 10 nitrogen and oxygen atoms in total. The molecule has 4 aliphatic rings. The first kappa shape index (κ1) is 30.4. The van der Waals surface area contributed by atoms with E-state index in [9.17, 15) is 0 Å². The molecule has 4 heterocycles. The SMILES string of the molecule is Cc1cc(N(c2ccc3c(c2)OCCO3)c2ccc3c(c2)OCCO3)c(Cl)c(N(c2ccc3c(c2)OCCO3)c2ccc3c(c2)OCCO3)c1. The molecule has 0 atom stereocenters. The second kappa shape index (κ2) is 12.7. The van der Waals surface area contributed by atoms with E-state index < -0.39 is 0 Å². The number of fused-ring (bicyclic) bond motifs is 4. The van der Waals surface area contributed by atoms with Gasteiger partial charge in [0.05, 0.1) is 39.1 Å². The van der Waals surface area contributed by atoms with E-state index in [1.54, 1.807) is 0 Å². The van der Waals surface area contributed by atoms with Crippen molar-refractivity contribution in [2.24, 2.45) is 0 Å². The Balaban J connectivity index is 1.24. The number of rotatable bonds is 6. The predicted octanol–water partition coefficient (Wildman–Crippen LogP) is 8.67. The van der Waals surface area contributed by atoms with Crippen LogP contribution in [0.4, 0.5) is 34.1 Å². The van der Waals surface area contributed by atoms with Crippen molar-refractivity contribution in [3.05, 3.63) is 95.5 Å². The molecule has 0 bridgehead atoms. The number of aryl methyl sites for hydroxylation is 1. The van der Waals surface area contributed by atoms with Gasteiger partial charge in [0.2, 0.25) is 0 Å². The molecular weight excluding hydrogens is 660 g/mol. The van der Waals surface area contributed by atoms with Crippen LogP contribution in [0.2, 0.25) is 5.02 Å². The number of hydrogen-bond donors (Lipinski definition) is 0. The van der Waals surface area contributed by atoms with Gasteiger partial charge in [-0.25, -0.2) is 0 Å². The Hall–Kier alpha value is -5.61. The minimum absolute atomic E-state index is 0.468. The third-order valence-electron chi connectivity index (χ3n) is 8.80. The lowest BCUT2D eigenvalue weighted by Crippen LogP contribution is -2.19. The molecule has 0 aromatic heterocycles. The van der Waals surface area contributed by atoms with Crippen LogP contribution in [-0.2, 0) is 0 Å². The largest absolute Gasteiger partial charge is 0.486 e. The molecule has 0 aliphatic carbocycles. The summed E-state index contributed by atoms with van der Waals surface area (Å²) in [6.07, 6.45) is 0. The van der Waals surface area contributed by atoms with Crippen molar-refractivity contribution in [3.63, 3.8) is 0 Å². The summed E-state index contributed by atoms with van der Waals surface area (Å²) in [5.41, 5.74) is 5.79. The monoisotopic (exact) mass is 692 g/mol. The molecule has 0 fully saturated rings. The van der Waals surface area contributed by atoms with E-state index in [1.165, 1.54) is 0 Å². The summed E-state index contributed by atoms with van der Waals surface area (Å²) in [6.45, 7) is 5.93. The highest BCUT2D eigenvalue weighted by Gasteiger charge is 2.27. The summed E-state index contributed by atoms with van der Waals surface area (Å²) < 4.78 is 47.5. The van der Waals surface area contributed by atoms with Crippen molar-refractivity contribution >= 4 is 45.7 Å². The van der Waals surface area contributed by atoms with Gasteiger partial charge in [-0.3, -0.25) is 0 Å². The van der Waals surface area contributed by atoms with E-state index in [0.717, 1.165) is 39.7 Å². The highest BCUT2D eigenvalue weighted by atomic mass is 35.5. The minimum Gasteiger partial charge on any atom is -0.486 e. The zero-order valence-electron chi connectivity index (χ0n) is 27.3. The molecule has 0 spiro atoms. The summed E-state index contributed by atoms with van der Waals surface area (Å²) in [5.74, 6) is 5.43. The molecule has 0 saturated carbocycles. The molecule has 0 amide bonds. The first-order valence-electron chi connectivity index (χ1n) is 16.6. The third kappa shape index (κ3) is 5.55. The molecule has 0 radical (unpaired) electrons. The highest BCUT2D eigenvalue weighted by molar-refractivity contribution is 6.36. The minimum atomic E-state index is 0.468. The van der Waals surface area contributed by atoms with Gasteiger partial charge in [0.25, 0.3) is 0 Å². The Morgan fingerprint density at radius 2 is 0.640 bits per heavy atom. The molecule has 50 heavy (non-hydrogen) atoms. The lowest BCUT2D eigenvalue weighted by Gasteiger charge is -2.33. The maximum Gasteiger partial charge on any atom is 0.163 e. The van der Waals surface area contributed by atoms with Crippen LogP contribution in [0.25, 0.3) is 0 Å². The fourth-order valence-electron chi connectivity index (χ4n) is 6.60.